The van der Waals surface area contributed by atoms with Crippen LogP contribution in [0.25, 0.3) is 0 Å². The summed E-state index contributed by atoms with van der Waals surface area (Å²) in [4.78, 5) is 36.1. The molecule has 0 saturated heterocycles. The topological polar surface area (TPSA) is 101 Å². The first-order valence-corrected chi connectivity index (χ1v) is 7.97. The van der Waals surface area contributed by atoms with Crippen LogP contribution in [0, 0.1) is 0 Å². The monoisotopic (exact) mass is 339 g/mol. The molecule has 0 radical (unpaired) electrons. The molecule has 2 aromatic carbocycles. The molecule has 2 aromatic rings. The van der Waals surface area contributed by atoms with Crippen LogP contribution in [0.2, 0.25) is 0 Å². The second kappa shape index (κ2) is 8.63. The Hall–Kier alpha value is -3.15. The molecule has 0 bridgehead atoms. The molecule has 2 atom stereocenters. The molecule has 0 heterocycles. The normalized spacial score (nSPS) is 12.7. The Balaban J connectivity index is 2.15. The van der Waals surface area contributed by atoms with Crippen LogP contribution in [0.4, 0.5) is 0 Å². The van der Waals surface area contributed by atoms with Gasteiger partial charge in [-0.15, -0.1) is 0 Å². The highest BCUT2D eigenvalue weighted by molar-refractivity contribution is 5.98. The van der Waals surface area contributed by atoms with Crippen molar-refractivity contribution in [2.75, 3.05) is 0 Å². The molecule has 25 heavy (non-hydrogen) atoms. The van der Waals surface area contributed by atoms with E-state index in [4.69, 9.17) is 5.73 Å². The summed E-state index contributed by atoms with van der Waals surface area (Å²) >= 11 is 0. The maximum atomic E-state index is 12.5. The fourth-order valence-corrected chi connectivity index (χ4v) is 2.28. The van der Waals surface area contributed by atoms with E-state index in [2.05, 4.69) is 10.6 Å². The van der Waals surface area contributed by atoms with Crippen molar-refractivity contribution in [3.05, 3.63) is 71.8 Å². The van der Waals surface area contributed by atoms with E-state index in [0.717, 1.165) is 5.56 Å². The maximum Gasteiger partial charge on any atom is 0.251 e. The van der Waals surface area contributed by atoms with Gasteiger partial charge in [0.1, 0.15) is 12.1 Å². The zero-order chi connectivity index (χ0) is 18.2. The summed E-state index contributed by atoms with van der Waals surface area (Å²) in [7, 11) is 0. The number of carbonyl (C=O) groups excluding carboxylic acids is 3. The maximum absolute atomic E-state index is 12.5. The van der Waals surface area contributed by atoms with Crippen molar-refractivity contribution in [3.8, 4) is 0 Å². The van der Waals surface area contributed by atoms with Crippen LogP contribution in [0.5, 0.6) is 0 Å². The van der Waals surface area contributed by atoms with Crippen LogP contribution < -0.4 is 16.4 Å². The lowest BCUT2D eigenvalue weighted by Crippen LogP contribution is -2.52. The first kappa shape index (κ1) is 18.2. The van der Waals surface area contributed by atoms with E-state index in [1.54, 1.807) is 30.3 Å². The quantitative estimate of drug-likeness (QED) is 0.702. The lowest BCUT2D eigenvalue weighted by Gasteiger charge is -2.20. The van der Waals surface area contributed by atoms with Crippen molar-refractivity contribution in [1.29, 1.82) is 0 Å². The number of hydrogen-bond donors (Lipinski definition) is 3. The number of nitrogens with one attached hydrogen (secondary N) is 2. The predicted octanol–water partition coefficient (Wildman–Crippen LogP) is 1.02. The Labute approximate surface area is 146 Å². The minimum atomic E-state index is -0.822. The molecule has 0 fully saturated rings. The highest BCUT2D eigenvalue weighted by Gasteiger charge is 2.24. The summed E-state index contributed by atoms with van der Waals surface area (Å²) in [5.41, 5.74) is 6.53. The average Bonchev–Trinajstić information content (AvgIpc) is 2.62. The van der Waals surface area contributed by atoms with Gasteiger partial charge in [-0.05, 0) is 24.6 Å². The van der Waals surface area contributed by atoms with E-state index < -0.39 is 23.9 Å². The van der Waals surface area contributed by atoms with Crippen LogP contribution in [-0.4, -0.2) is 29.8 Å². The third kappa shape index (κ3) is 5.46. The molecular weight excluding hydrogens is 318 g/mol. The zero-order valence-electron chi connectivity index (χ0n) is 13.9. The zero-order valence-corrected chi connectivity index (χ0v) is 13.9. The number of carbonyl (C=O) groups is 3. The molecule has 0 aliphatic rings. The molecule has 130 valence electrons. The van der Waals surface area contributed by atoms with Crippen LogP contribution in [-0.2, 0) is 16.0 Å². The Morgan fingerprint density at radius 1 is 0.920 bits per heavy atom. The molecule has 6 heteroatoms. The smallest absolute Gasteiger partial charge is 0.251 e. The van der Waals surface area contributed by atoms with Crippen molar-refractivity contribution in [2.24, 2.45) is 5.73 Å². The third-order valence-electron chi connectivity index (χ3n) is 3.73. The number of rotatable bonds is 7. The van der Waals surface area contributed by atoms with Crippen molar-refractivity contribution in [1.82, 2.24) is 10.6 Å². The fourth-order valence-electron chi connectivity index (χ4n) is 2.28. The van der Waals surface area contributed by atoms with Crippen LogP contribution in [0.3, 0.4) is 0 Å². The fraction of sp³-hybridized carbons (Fsp3) is 0.211. The number of benzene rings is 2. The molecule has 2 unspecified atom stereocenters. The number of amides is 3. The van der Waals surface area contributed by atoms with Crippen LogP contribution >= 0.6 is 0 Å². The van der Waals surface area contributed by atoms with Crippen LogP contribution in [0.15, 0.2) is 60.7 Å². The van der Waals surface area contributed by atoms with Gasteiger partial charge < -0.3 is 16.4 Å². The molecule has 4 N–H and O–H groups in total. The highest BCUT2D eigenvalue weighted by atomic mass is 16.2. The molecule has 0 saturated carbocycles. The molecule has 0 aliphatic carbocycles. The highest BCUT2D eigenvalue weighted by Crippen LogP contribution is 2.06. The summed E-state index contributed by atoms with van der Waals surface area (Å²) in [6.07, 6.45) is 0.302. The Morgan fingerprint density at radius 2 is 1.48 bits per heavy atom. The van der Waals surface area contributed by atoms with E-state index in [1.165, 1.54) is 6.92 Å². The van der Waals surface area contributed by atoms with Crippen molar-refractivity contribution in [3.63, 3.8) is 0 Å². The minimum Gasteiger partial charge on any atom is -0.368 e. The second-order valence-electron chi connectivity index (χ2n) is 5.71. The summed E-state index contributed by atoms with van der Waals surface area (Å²) in [6.45, 7) is 1.50. The Morgan fingerprint density at radius 3 is 2.04 bits per heavy atom. The van der Waals surface area contributed by atoms with Gasteiger partial charge >= 0.3 is 0 Å². The van der Waals surface area contributed by atoms with Crippen molar-refractivity contribution >= 4 is 17.7 Å². The van der Waals surface area contributed by atoms with E-state index in [1.807, 2.05) is 30.3 Å². The number of primary amides is 1. The summed E-state index contributed by atoms with van der Waals surface area (Å²) in [5.74, 6) is -1.45. The first-order chi connectivity index (χ1) is 12.0. The summed E-state index contributed by atoms with van der Waals surface area (Å²) in [6, 6.07) is 16.3. The van der Waals surface area contributed by atoms with Gasteiger partial charge in [0.25, 0.3) is 5.91 Å². The standard InChI is InChI=1S/C19H21N3O3/c1-13(17(20)23)21-19(25)16(12-14-8-4-2-5-9-14)22-18(24)15-10-6-3-7-11-15/h2-11,13,16H,12H2,1H3,(H2,20,23)(H,21,25)(H,22,24). The first-order valence-electron chi connectivity index (χ1n) is 7.97. The number of nitrogens with two attached hydrogens (primary N) is 1. The van der Waals surface area contributed by atoms with Gasteiger partial charge in [-0.1, -0.05) is 48.5 Å². The third-order valence-corrected chi connectivity index (χ3v) is 3.73. The van der Waals surface area contributed by atoms with E-state index in [-0.39, 0.29) is 5.91 Å². The van der Waals surface area contributed by atoms with Gasteiger partial charge in [0, 0.05) is 12.0 Å². The Kier molecular flexibility index (Phi) is 6.28. The van der Waals surface area contributed by atoms with Crippen molar-refractivity contribution < 1.29 is 14.4 Å². The molecule has 0 spiro atoms. The largest absolute Gasteiger partial charge is 0.368 e. The molecule has 0 aliphatic heterocycles. The van der Waals surface area contributed by atoms with Gasteiger partial charge in [-0.3, -0.25) is 14.4 Å². The van der Waals surface area contributed by atoms with Gasteiger partial charge in [-0.25, -0.2) is 0 Å². The second-order valence-corrected chi connectivity index (χ2v) is 5.71. The minimum absolute atomic E-state index is 0.302. The van der Waals surface area contributed by atoms with Crippen LogP contribution in [0.1, 0.15) is 22.8 Å². The predicted molar refractivity (Wildman–Crippen MR) is 94.6 cm³/mol. The summed E-state index contributed by atoms with van der Waals surface area (Å²) < 4.78 is 0. The van der Waals surface area contributed by atoms with Gasteiger partial charge in [0.15, 0.2) is 0 Å². The summed E-state index contributed by atoms with van der Waals surface area (Å²) in [5, 5.41) is 5.25. The average molecular weight is 339 g/mol. The van der Waals surface area contributed by atoms with Crippen molar-refractivity contribution in [2.45, 2.75) is 25.4 Å². The van der Waals surface area contributed by atoms with Gasteiger partial charge in [0.05, 0.1) is 0 Å². The molecule has 3 amide bonds. The van der Waals surface area contributed by atoms with E-state index in [9.17, 15) is 14.4 Å². The molecule has 6 nitrogen and oxygen atoms in total. The SMILES string of the molecule is CC(NC(=O)C(Cc1ccccc1)NC(=O)c1ccccc1)C(N)=O. The van der Waals surface area contributed by atoms with E-state index >= 15 is 0 Å². The number of hydrogen-bond acceptors (Lipinski definition) is 3. The lowest BCUT2D eigenvalue weighted by molar-refractivity contribution is -0.128. The Bertz CT molecular complexity index is 732. The lowest BCUT2D eigenvalue weighted by atomic mass is 10.0. The van der Waals surface area contributed by atoms with Gasteiger partial charge in [-0.2, -0.15) is 0 Å². The molecular formula is C19H21N3O3. The van der Waals surface area contributed by atoms with Gasteiger partial charge in [0.2, 0.25) is 11.8 Å². The van der Waals surface area contributed by atoms with E-state index in [0.29, 0.717) is 12.0 Å². The molecule has 0 aromatic heterocycles. The molecule has 2 rings (SSSR count).